The maximum Gasteiger partial charge on any atom is 0.326 e. The molecule has 1 aromatic rings. The monoisotopic (exact) mass is 551 g/mol. The van der Waals surface area contributed by atoms with E-state index >= 15 is 0 Å². The van der Waals surface area contributed by atoms with Crippen molar-refractivity contribution in [1.29, 1.82) is 0 Å². The molecule has 1 aromatic carbocycles. The zero-order valence-electron chi connectivity index (χ0n) is 21.7. The molecule has 0 aromatic heterocycles. The molecule has 0 radical (unpaired) electrons. The first-order valence-electron chi connectivity index (χ1n) is 13.1. The van der Waals surface area contributed by atoms with Crippen LogP contribution < -0.4 is 5.32 Å². The molecule has 1 amide bonds. The number of ether oxygens (including phenoxy) is 1. The van der Waals surface area contributed by atoms with Gasteiger partial charge in [0.15, 0.2) is 0 Å². The van der Waals surface area contributed by atoms with Gasteiger partial charge in [0.25, 0.3) is 5.09 Å². The summed E-state index contributed by atoms with van der Waals surface area (Å²) in [6, 6.07) is 7.24. The van der Waals surface area contributed by atoms with Crippen LogP contribution in [0.15, 0.2) is 30.3 Å². The fourth-order valence-electron chi connectivity index (χ4n) is 5.39. The van der Waals surface area contributed by atoms with Crippen LogP contribution >= 0.6 is 11.8 Å². The summed E-state index contributed by atoms with van der Waals surface area (Å²) in [5.41, 5.74) is 1.04. The Hall–Kier alpha value is -2.86. The molecule has 1 saturated carbocycles. The summed E-state index contributed by atoms with van der Waals surface area (Å²) in [6.45, 7) is 1.75. The largest absolute Gasteiger partial charge is 0.480 e. The molecule has 3 rings (SSSR count). The fraction of sp³-hybridized carbons (Fsp3) is 0.654. The molecule has 38 heavy (non-hydrogen) atoms. The Kier molecular flexibility index (Phi) is 11.7. The number of hydrogen-bond donors (Lipinski definition) is 2. The number of nitrogens with one attached hydrogen (secondary N) is 1. The molecule has 12 heteroatoms. The number of fused-ring (bicyclic) bond motifs is 1. The predicted molar refractivity (Wildman–Crippen MR) is 141 cm³/mol. The lowest BCUT2D eigenvalue weighted by atomic mass is 9.84. The van der Waals surface area contributed by atoms with Gasteiger partial charge in [0, 0.05) is 17.5 Å². The third-order valence-corrected chi connectivity index (χ3v) is 8.11. The van der Waals surface area contributed by atoms with Crippen molar-refractivity contribution < 1.29 is 34.2 Å². The second-order valence-corrected chi connectivity index (χ2v) is 11.0. The number of amides is 1. The number of carboxylic acid groups (broad SMARTS) is 1. The van der Waals surface area contributed by atoms with Crippen LogP contribution in [0.5, 0.6) is 0 Å². The van der Waals surface area contributed by atoms with Gasteiger partial charge in [-0.1, -0.05) is 43.2 Å². The van der Waals surface area contributed by atoms with E-state index in [4.69, 9.17) is 4.74 Å². The standard InChI is InChI=1S/C26H37N3O8S/c1-18(24(30)28-22-10-6-5-9-20(22)17-23(28)25(31)32)27-21(12-11-19-7-3-2-4-8-19)26(33)36-13-15-38-16-14-37-29(34)35/h2-4,7-8,18,20-23,27H,5-6,9-17H2,1H3,(H,31,32). The molecule has 1 saturated heterocycles. The van der Waals surface area contributed by atoms with Gasteiger partial charge in [-0.15, -0.1) is 10.1 Å². The van der Waals surface area contributed by atoms with Crippen LogP contribution in [0, 0.1) is 16.0 Å². The first-order valence-corrected chi connectivity index (χ1v) is 14.3. The number of esters is 1. The van der Waals surface area contributed by atoms with Crippen LogP contribution in [-0.4, -0.2) is 81.8 Å². The van der Waals surface area contributed by atoms with Crippen LogP contribution in [0.2, 0.25) is 0 Å². The molecule has 2 N–H and O–H groups in total. The van der Waals surface area contributed by atoms with Gasteiger partial charge in [0.2, 0.25) is 5.91 Å². The highest BCUT2D eigenvalue weighted by molar-refractivity contribution is 7.99. The van der Waals surface area contributed by atoms with Crippen LogP contribution in [0.4, 0.5) is 0 Å². The number of benzene rings is 1. The molecule has 210 valence electrons. The van der Waals surface area contributed by atoms with Gasteiger partial charge < -0.3 is 19.6 Å². The third-order valence-electron chi connectivity index (χ3n) is 7.19. The highest BCUT2D eigenvalue weighted by atomic mass is 32.2. The zero-order valence-corrected chi connectivity index (χ0v) is 22.5. The topological polar surface area (TPSA) is 148 Å². The first-order chi connectivity index (χ1) is 18.3. The van der Waals surface area contributed by atoms with Crippen molar-refractivity contribution in [2.75, 3.05) is 24.7 Å². The zero-order chi connectivity index (χ0) is 27.5. The summed E-state index contributed by atoms with van der Waals surface area (Å²) in [6.07, 6.45) is 5.23. The van der Waals surface area contributed by atoms with Crippen LogP contribution in [0.1, 0.15) is 51.0 Å². The Balaban J connectivity index is 1.60. The number of likely N-dealkylation sites (tertiary alicyclic amines) is 1. The van der Waals surface area contributed by atoms with Gasteiger partial charge in [-0.25, -0.2) is 4.79 Å². The molecule has 0 spiro atoms. The van der Waals surface area contributed by atoms with Gasteiger partial charge in [0.05, 0.1) is 6.04 Å². The molecule has 2 aliphatic rings. The number of carbonyl (C=O) groups is 3. The summed E-state index contributed by atoms with van der Waals surface area (Å²) in [5, 5.41) is 22.3. The van der Waals surface area contributed by atoms with E-state index < -0.39 is 35.2 Å². The maximum atomic E-state index is 13.5. The van der Waals surface area contributed by atoms with Gasteiger partial charge in [-0.3, -0.25) is 14.9 Å². The van der Waals surface area contributed by atoms with E-state index in [9.17, 15) is 29.6 Å². The van der Waals surface area contributed by atoms with Crippen LogP contribution in [0.25, 0.3) is 0 Å². The molecule has 1 aliphatic carbocycles. The Morgan fingerprint density at radius 2 is 1.89 bits per heavy atom. The lowest BCUT2D eigenvalue weighted by molar-refractivity contribution is -0.756. The van der Waals surface area contributed by atoms with E-state index in [0.717, 1.165) is 31.2 Å². The molecule has 2 fully saturated rings. The average Bonchev–Trinajstić information content (AvgIpc) is 3.30. The molecular formula is C26H37N3O8S. The molecule has 11 nitrogen and oxygen atoms in total. The van der Waals surface area contributed by atoms with Gasteiger partial charge in [-0.2, -0.15) is 11.8 Å². The maximum absolute atomic E-state index is 13.5. The molecule has 5 unspecified atom stereocenters. The number of carbonyl (C=O) groups excluding carboxylic acids is 2. The smallest absolute Gasteiger partial charge is 0.326 e. The Morgan fingerprint density at radius 1 is 1.18 bits per heavy atom. The van der Waals surface area contributed by atoms with Crippen LogP contribution in [0.3, 0.4) is 0 Å². The van der Waals surface area contributed by atoms with E-state index in [1.165, 1.54) is 11.8 Å². The summed E-state index contributed by atoms with van der Waals surface area (Å²) in [7, 11) is 0. The van der Waals surface area contributed by atoms with Crippen molar-refractivity contribution in [2.45, 2.75) is 76.0 Å². The Labute approximate surface area is 226 Å². The summed E-state index contributed by atoms with van der Waals surface area (Å²) >= 11 is 1.36. The van der Waals surface area contributed by atoms with Crippen molar-refractivity contribution in [3.8, 4) is 0 Å². The second kappa shape index (κ2) is 14.9. The van der Waals surface area contributed by atoms with Crippen molar-refractivity contribution in [2.24, 2.45) is 5.92 Å². The average molecular weight is 552 g/mol. The summed E-state index contributed by atoms with van der Waals surface area (Å²) in [5.74, 6) is -0.735. The highest BCUT2D eigenvalue weighted by Gasteiger charge is 2.48. The van der Waals surface area contributed by atoms with Gasteiger partial charge in [-0.05, 0) is 50.5 Å². The molecule has 0 bridgehead atoms. The minimum Gasteiger partial charge on any atom is -0.480 e. The quantitative estimate of drug-likeness (QED) is 0.144. The van der Waals surface area contributed by atoms with Crippen molar-refractivity contribution >= 4 is 29.6 Å². The number of aryl methyl sites for hydroxylation is 1. The summed E-state index contributed by atoms with van der Waals surface area (Å²) in [4.78, 5) is 54.5. The van der Waals surface area contributed by atoms with E-state index in [1.807, 2.05) is 30.3 Å². The third kappa shape index (κ3) is 8.59. The molecular weight excluding hydrogens is 514 g/mol. The van der Waals surface area contributed by atoms with Crippen LogP contribution in [-0.2, 0) is 30.4 Å². The number of aliphatic carboxylic acids is 1. The first kappa shape index (κ1) is 29.7. The number of nitrogens with zero attached hydrogens (tertiary/aromatic N) is 2. The van der Waals surface area contributed by atoms with Gasteiger partial charge in [0.1, 0.15) is 25.3 Å². The number of thioether (sulfide) groups is 1. The van der Waals surface area contributed by atoms with Crippen molar-refractivity contribution in [1.82, 2.24) is 10.2 Å². The predicted octanol–water partition coefficient (Wildman–Crippen LogP) is 2.69. The molecule has 1 heterocycles. The second-order valence-electron chi connectivity index (χ2n) is 9.75. The minimum atomic E-state index is -0.985. The highest BCUT2D eigenvalue weighted by Crippen LogP contribution is 2.40. The summed E-state index contributed by atoms with van der Waals surface area (Å²) < 4.78 is 5.46. The van der Waals surface area contributed by atoms with Crippen molar-refractivity contribution in [3.05, 3.63) is 46.0 Å². The van der Waals surface area contributed by atoms with Gasteiger partial charge >= 0.3 is 11.9 Å². The molecule has 5 atom stereocenters. The SMILES string of the molecule is CC(NC(CCc1ccccc1)C(=O)OCCSCCO[N+](=O)[O-])C(=O)N1C(C(=O)O)CC2CCCCC21. The van der Waals surface area contributed by atoms with E-state index in [1.54, 1.807) is 11.8 Å². The number of carboxylic acids is 1. The number of rotatable bonds is 15. The number of hydrogen-bond acceptors (Lipinski definition) is 9. The Bertz CT molecular complexity index is 950. The van der Waals surface area contributed by atoms with Crippen molar-refractivity contribution in [3.63, 3.8) is 0 Å². The molecule has 1 aliphatic heterocycles. The fourth-order valence-corrected chi connectivity index (χ4v) is 5.99. The lowest BCUT2D eigenvalue weighted by Gasteiger charge is -2.35. The Morgan fingerprint density at radius 3 is 2.61 bits per heavy atom. The van der Waals surface area contributed by atoms with E-state index in [-0.39, 0.29) is 31.1 Å². The normalized spacial score (nSPS) is 22.2. The lowest BCUT2D eigenvalue weighted by Crippen LogP contribution is -2.55. The van der Waals surface area contributed by atoms with E-state index in [0.29, 0.717) is 30.8 Å². The van der Waals surface area contributed by atoms with E-state index in [2.05, 4.69) is 10.2 Å². The minimum absolute atomic E-state index is 0.0395.